The van der Waals surface area contributed by atoms with E-state index in [0.717, 1.165) is 33.7 Å². The van der Waals surface area contributed by atoms with Crippen LogP contribution in [0.15, 0.2) is 77.4 Å². The molecule has 0 aliphatic rings. The number of nitrogens with zero attached hydrogens (tertiary/aromatic N) is 2. The zero-order valence-electron chi connectivity index (χ0n) is 13.2. The first-order chi connectivity index (χ1) is 11.8. The van der Waals surface area contributed by atoms with Gasteiger partial charge in [0.1, 0.15) is 17.2 Å². The zero-order chi connectivity index (χ0) is 16.4. The molecule has 2 heterocycles. The first-order valence-electron chi connectivity index (χ1n) is 7.79. The SMILES string of the molecule is Cc1cc(C(Oc2ccc3ncccc3c2)c2ccccc2)no1. The third-order valence-electron chi connectivity index (χ3n) is 3.85. The van der Waals surface area contributed by atoms with Crippen LogP contribution in [-0.4, -0.2) is 10.1 Å². The van der Waals surface area contributed by atoms with Gasteiger partial charge in [-0.05, 0) is 36.8 Å². The van der Waals surface area contributed by atoms with Crippen LogP contribution in [0.5, 0.6) is 5.75 Å². The summed E-state index contributed by atoms with van der Waals surface area (Å²) in [7, 11) is 0. The highest BCUT2D eigenvalue weighted by Crippen LogP contribution is 2.29. The van der Waals surface area contributed by atoms with Crippen LogP contribution in [0.2, 0.25) is 0 Å². The van der Waals surface area contributed by atoms with Crippen molar-refractivity contribution in [2.24, 2.45) is 0 Å². The van der Waals surface area contributed by atoms with Gasteiger partial charge in [-0.15, -0.1) is 0 Å². The molecule has 1 unspecified atom stereocenters. The number of fused-ring (bicyclic) bond motifs is 1. The molecule has 0 fully saturated rings. The molecule has 2 aromatic carbocycles. The molecular formula is C20H16N2O2. The zero-order valence-corrected chi connectivity index (χ0v) is 13.2. The Morgan fingerprint density at radius 3 is 2.62 bits per heavy atom. The number of aryl methyl sites for hydroxylation is 1. The minimum absolute atomic E-state index is 0.322. The summed E-state index contributed by atoms with van der Waals surface area (Å²) in [6.45, 7) is 1.88. The highest BCUT2D eigenvalue weighted by Gasteiger charge is 2.20. The summed E-state index contributed by atoms with van der Waals surface area (Å²) in [6, 6.07) is 21.7. The van der Waals surface area contributed by atoms with Crippen molar-refractivity contribution in [3.63, 3.8) is 0 Å². The van der Waals surface area contributed by atoms with Crippen molar-refractivity contribution in [2.75, 3.05) is 0 Å². The Labute approximate surface area is 139 Å². The van der Waals surface area contributed by atoms with E-state index in [9.17, 15) is 0 Å². The van der Waals surface area contributed by atoms with E-state index in [2.05, 4.69) is 10.1 Å². The van der Waals surface area contributed by atoms with Crippen molar-refractivity contribution in [3.8, 4) is 5.75 Å². The van der Waals surface area contributed by atoms with Gasteiger partial charge < -0.3 is 9.26 Å². The third-order valence-corrected chi connectivity index (χ3v) is 3.85. The van der Waals surface area contributed by atoms with E-state index in [1.54, 1.807) is 6.20 Å². The van der Waals surface area contributed by atoms with Gasteiger partial charge in [0.2, 0.25) is 0 Å². The Hall–Kier alpha value is -3.14. The lowest BCUT2D eigenvalue weighted by molar-refractivity contribution is 0.233. The molecule has 1 atom stereocenters. The minimum Gasteiger partial charge on any atom is -0.479 e. The Balaban J connectivity index is 1.73. The fourth-order valence-electron chi connectivity index (χ4n) is 2.70. The molecule has 2 aromatic heterocycles. The van der Waals surface area contributed by atoms with Crippen LogP contribution >= 0.6 is 0 Å². The number of ether oxygens (including phenoxy) is 1. The summed E-state index contributed by atoms with van der Waals surface area (Å²) in [4.78, 5) is 4.34. The van der Waals surface area contributed by atoms with Crippen LogP contribution in [0, 0.1) is 6.92 Å². The summed E-state index contributed by atoms with van der Waals surface area (Å²) in [5.74, 6) is 1.53. The number of benzene rings is 2. The molecule has 4 heteroatoms. The van der Waals surface area contributed by atoms with Crippen molar-refractivity contribution < 1.29 is 9.26 Å². The molecule has 4 rings (SSSR count). The van der Waals surface area contributed by atoms with Crippen molar-refractivity contribution >= 4 is 10.9 Å². The second-order valence-electron chi connectivity index (χ2n) is 5.63. The number of hydrogen-bond donors (Lipinski definition) is 0. The molecule has 0 saturated heterocycles. The Morgan fingerprint density at radius 1 is 0.958 bits per heavy atom. The van der Waals surface area contributed by atoms with Crippen molar-refractivity contribution in [3.05, 3.63) is 89.9 Å². The van der Waals surface area contributed by atoms with Crippen LogP contribution in [0.1, 0.15) is 23.1 Å². The van der Waals surface area contributed by atoms with E-state index in [1.807, 2.05) is 73.7 Å². The highest BCUT2D eigenvalue weighted by atomic mass is 16.5. The van der Waals surface area contributed by atoms with Crippen LogP contribution in [-0.2, 0) is 0 Å². The maximum atomic E-state index is 6.26. The topological polar surface area (TPSA) is 48.2 Å². The van der Waals surface area contributed by atoms with Gasteiger partial charge in [0.15, 0.2) is 6.10 Å². The Kier molecular flexibility index (Phi) is 3.71. The van der Waals surface area contributed by atoms with Crippen LogP contribution in [0.25, 0.3) is 10.9 Å². The molecule has 0 aliphatic heterocycles. The molecule has 24 heavy (non-hydrogen) atoms. The lowest BCUT2D eigenvalue weighted by Crippen LogP contribution is -2.09. The summed E-state index contributed by atoms with van der Waals surface area (Å²) in [6.07, 6.45) is 1.46. The van der Waals surface area contributed by atoms with E-state index in [4.69, 9.17) is 9.26 Å². The predicted molar refractivity (Wildman–Crippen MR) is 91.9 cm³/mol. The molecule has 118 valence electrons. The van der Waals surface area contributed by atoms with Gasteiger partial charge in [0.05, 0.1) is 5.52 Å². The predicted octanol–water partition coefficient (Wildman–Crippen LogP) is 4.70. The third kappa shape index (κ3) is 2.86. The fraction of sp³-hybridized carbons (Fsp3) is 0.100. The van der Waals surface area contributed by atoms with Gasteiger partial charge in [-0.1, -0.05) is 41.6 Å². The molecule has 0 radical (unpaired) electrons. The van der Waals surface area contributed by atoms with E-state index in [-0.39, 0.29) is 6.10 Å². The van der Waals surface area contributed by atoms with Crippen molar-refractivity contribution in [2.45, 2.75) is 13.0 Å². The van der Waals surface area contributed by atoms with Crippen LogP contribution in [0.3, 0.4) is 0 Å². The summed E-state index contributed by atoms with van der Waals surface area (Å²) in [5, 5.41) is 5.18. The molecule has 0 saturated carbocycles. The van der Waals surface area contributed by atoms with Crippen molar-refractivity contribution in [1.82, 2.24) is 10.1 Å². The van der Waals surface area contributed by atoms with E-state index in [0.29, 0.717) is 0 Å². The minimum atomic E-state index is -0.322. The average Bonchev–Trinajstić information content (AvgIpc) is 3.06. The molecule has 4 nitrogen and oxygen atoms in total. The van der Waals surface area contributed by atoms with Crippen molar-refractivity contribution in [1.29, 1.82) is 0 Å². The van der Waals surface area contributed by atoms with Crippen LogP contribution < -0.4 is 4.74 Å². The molecule has 0 bridgehead atoms. The number of pyridine rings is 1. The van der Waals surface area contributed by atoms with E-state index < -0.39 is 0 Å². The molecule has 4 aromatic rings. The van der Waals surface area contributed by atoms with Crippen LogP contribution in [0.4, 0.5) is 0 Å². The summed E-state index contributed by atoms with van der Waals surface area (Å²) < 4.78 is 11.5. The van der Waals surface area contributed by atoms with E-state index >= 15 is 0 Å². The maximum Gasteiger partial charge on any atom is 0.169 e. The average molecular weight is 316 g/mol. The smallest absolute Gasteiger partial charge is 0.169 e. The molecular weight excluding hydrogens is 300 g/mol. The summed E-state index contributed by atoms with van der Waals surface area (Å²) >= 11 is 0. The number of rotatable bonds is 4. The normalized spacial score (nSPS) is 12.2. The van der Waals surface area contributed by atoms with Gasteiger partial charge in [0, 0.05) is 17.6 Å². The quantitative estimate of drug-likeness (QED) is 0.547. The number of aromatic nitrogens is 2. The lowest BCUT2D eigenvalue weighted by atomic mass is 10.1. The monoisotopic (exact) mass is 316 g/mol. The van der Waals surface area contributed by atoms with Gasteiger partial charge in [-0.25, -0.2) is 0 Å². The van der Waals surface area contributed by atoms with E-state index in [1.165, 1.54) is 0 Å². The maximum absolute atomic E-state index is 6.26. The Bertz CT molecular complexity index is 963. The molecule has 0 spiro atoms. The largest absolute Gasteiger partial charge is 0.479 e. The van der Waals surface area contributed by atoms with Gasteiger partial charge in [-0.3, -0.25) is 4.98 Å². The first-order valence-corrected chi connectivity index (χ1v) is 7.79. The lowest BCUT2D eigenvalue weighted by Gasteiger charge is -2.17. The molecule has 0 amide bonds. The second-order valence-corrected chi connectivity index (χ2v) is 5.63. The highest BCUT2D eigenvalue weighted by molar-refractivity contribution is 5.79. The van der Waals surface area contributed by atoms with Gasteiger partial charge >= 0.3 is 0 Å². The fourth-order valence-corrected chi connectivity index (χ4v) is 2.70. The van der Waals surface area contributed by atoms with Gasteiger partial charge in [0.25, 0.3) is 0 Å². The number of hydrogen-bond acceptors (Lipinski definition) is 4. The molecule has 0 aliphatic carbocycles. The van der Waals surface area contributed by atoms with Gasteiger partial charge in [-0.2, -0.15) is 0 Å². The molecule has 0 N–H and O–H groups in total. The standard InChI is InChI=1S/C20H16N2O2/c1-14-12-19(22-24-14)20(15-6-3-2-4-7-15)23-17-9-10-18-16(13-17)8-5-11-21-18/h2-13,20H,1H3. The summed E-state index contributed by atoms with van der Waals surface area (Å²) in [5.41, 5.74) is 2.72. The second kappa shape index (κ2) is 6.16. The first kappa shape index (κ1) is 14.5. The Morgan fingerprint density at radius 2 is 1.83 bits per heavy atom.